The number of hydrogen-bond acceptors (Lipinski definition) is 3. The lowest BCUT2D eigenvalue weighted by molar-refractivity contribution is 0.0953. The molecule has 1 aromatic heterocycles. The van der Waals surface area contributed by atoms with Crippen LogP contribution < -0.4 is 10.1 Å². The molecule has 0 fully saturated rings. The van der Waals surface area contributed by atoms with Gasteiger partial charge in [-0.3, -0.25) is 4.79 Å². The van der Waals surface area contributed by atoms with Gasteiger partial charge >= 0.3 is 0 Å². The molecule has 0 saturated carbocycles. The molecule has 0 spiro atoms. The monoisotopic (exact) mass is 525 g/mol. The van der Waals surface area contributed by atoms with E-state index in [9.17, 15) is 4.79 Å². The zero-order chi connectivity index (χ0) is 26.2. The van der Waals surface area contributed by atoms with Crippen LogP contribution in [-0.2, 0) is 13.0 Å². The SMILES string of the molecule is O=C(NCCCCCc1nc2ccccc2n1CCCOc1cccc2ccccc12)c1ccccc1Cl. The minimum atomic E-state index is -0.122. The molecule has 1 amide bonds. The summed E-state index contributed by atoms with van der Waals surface area (Å²) in [5, 5.41) is 5.79. The number of carbonyl (C=O) groups is 1. The van der Waals surface area contributed by atoms with Gasteiger partial charge in [0, 0.05) is 24.9 Å². The smallest absolute Gasteiger partial charge is 0.252 e. The summed E-state index contributed by atoms with van der Waals surface area (Å²) in [6.45, 7) is 2.13. The third-order valence-electron chi connectivity index (χ3n) is 6.75. The van der Waals surface area contributed by atoms with Crippen LogP contribution in [0.5, 0.6) is 5.75 Å². The lowest BCUT2D eigenvalue weighted by atomic mass is 10.1. The minimum Gasteiger partial charge on any atom is -0.493 e. The Labute approximate surface area is 228 Å². The maximum atomic E-state index is 12.3. The molecule has 0 radical (unpaired) electrons. The van der Waals surface area contributed by atoms with Crippen LogP contribution in [0.4, 0.5) is 0 Å². The average molecular weight is 526 g/mol. The van der Waals surface area contributed by atoms with E-state index in [1.54, 1.807) is 12.1 Å². The number of nitrogens with zero attached hydrogens (tertiary/aromatic N) is 2. The van der Waals surface area contributed by atoms with Gasteiger partial charge < -0.3 is 14.6 Å². The van der Waals surface area contributed by atoms with E-state index in [0.29, 0.717) is 23.7 Å². The highest BCUT2D eigenvalue weighted by atomic mass is 35.5. The van der Waals surface area contributed by atoms with Gasteiger partial charge in [0.15, 0.2) is 0 Å². The van der Waals surface area contributed by atoms with Crippen LogP contribution in [0, 0.1) is 0 Å². The van der Waals surface area contributed by atoms with E-state index in [4.69, 9.17) is 21.3 Å². The molecule has 5 rings (SSSR count). The summed E-state index contributed by atoms with van der Waals surface area (Å²) < 4.78 is 8.51. The third-order valence-corrected chi connectivity index (χ3v) is 7.08. The van der Waals surface area contributed by atoms with E-state index < -0.39 is 0 Å². The number of hydrogen-bond donors (Lipinski definition) is 1. The molecule has 0 aliphatic rings. The van der Waals surface area contributed by atoms with Crippen molar-refractivity contribution in [2.75, 3.05) is 13.2 Å². The van der Waals surface area contributed by atoms with Crippen molar-refractivity contribution in [1.82, 2.24) is 14.9 Å². The maximum Gasteiger partial charge on any atom is 0.252 e. The first-order valence-electron chi connectivity index (χ1n) is 13.3. The fourth-order valence-electron chi connectivity index (χ4n) is 4.82. The van der Waals surface area contributed by atoms with E-state index in [2.05, 4.69) is 52.3 Å². The van der Waals surface area contributed by atoms with Crippen molar-refractivity contribution >= 4 is 39.3 Å². The molecule has 0 aliphatic carbocycles. The average Bonchev–Trinajstić information content (AvgIpc) is 3.30. The van der Waals surface area contributed by atoms with Crippen LogP contribution in [0.1, 0.15) is 41.9 Å². The Balaban J connectivity index is 1.12. The fourth-order valence-corrected chi connectivity index (χ4v) is 5.04. The predicted octanol–water partition coefficient (Wildman–Crippen LogP) is 7.45. The van der Waals surface area contributed by atoms with Gasteiger partial charge in [0.1, 0.15) is 11.6 Å². The highest BCUT2D eigenvalue weighted by molar-refractivity contribution is 6.33. The van der Waals surface area contributed by atoms with Crippen molar-refractivity contribution in [2.24, 2.45) is 0 Å². The maximum absolute atomic E-state index is 12.3. The molecule has 0 saturated heterocycles. The molecule has 0 aliphatic heterocycles. The van der Waals surface area contributed by atoms with Crippen molar-refractivity contribution in [3.63, 3.8) is 0 Å². The molecule has 1 N–H and O–H groups in total. The summed E-state index contributed by atoms with van der Waals surface area (Å²) in [4.78, 5) is 17.2. The Morgan fingerprint density at radius 2 is 1.63 bits per heavy atom. The van der Waals surface area contributed by atoms with Crippen molar-refractivity contribution in [3.05, 3.63) is 107 Å². The molecule has 194 valence electrons. The summed E-state index contributed by atoms with van der Waals surface area (Å²) in [7, 11) is 0. The number of benzene rings is 4. The van der Waals surface area contributed by atoms with Crippen LogP contribution >= 0.6 is 11.6 Å². The summed E-state index contributed by atoms with van der Waals surface area (Å²) in [6, 6.07) is 30.0. The highest BCUT2D eigenvalue weighted by Gasteiger charge is 2.11. The van der Waals surface area contributed by atoms with Gasteiger partial charge in [-0.15, -0.1) is 0 Å². The molecule has 1 heterocycles. The Hall–Kier alpha value is -3.83. The summed E-state index contributed by atoms with van der Waals surface area (Å²) in [5.41, 5.74) is 2.72. The molecule has 4 aromatic carbocycles. The quantitative estimate of drug-likeness (QED) is 0.172. The molecule has 0 unspecified atom stereocenters. The Kier molecular flexibility index (Phi) is 8.56. The summed E-state index contributed by atoms with van der Waals surface area (Å²) >= 11 is 6.12. The Bertz CT molecular complexity index is 1520. The van der Waals surface area contributed by atoms with Crippen molar-refractivity contribution in [3.8, 4) is 5.75 Å². The first-order valence-corrected chi connectivity index (χ1v) is 13.7. The van der Waals surface area contributed by atoms with Crippen LogP contribution in [0.2, 0.25) is 5.02 Å². The van der Waals surface area contributed by atoms with Crippen molar-refractivity contribution in [2.45, 2.75) is 38.6 Å². The summed E-state index contributed by atoms with van der Waals surface area (Å²) in [5.74, 6) is 1.92. The molecule has 0 bridgehead atoms. The lowest BCUT2D eigenvalue weighted by Gasteiger charge is -2.12. The topological polar surface area (TPSA) is 56.2 Å². The fraction of sp³-hybridized carbons (Fsp3) is 0.250. The normalized spacial score (nSPS) is 11.2. The number of halogens is 1. The number of unbranched alkanes of at least 4 members (excludes halogenated alkanes) is 2. The largest absolute Gasteiger partial charge is 0.493 e. The van der Waals surface area contributed by atoms with E-state index in [-0.39, 0.29) is 5.91 Å². The summed E-state index contributed by atoms with van der Waals surface area (Å²) in [6.07, 6.45) is 4.73. The van der Waals surface area contributed by atoms with Gasteiger partial charge in [0.2, 0.25) is 0 Å². The Morgan fingerprint density at radius 1 is 0.842 bits per heavy atom. The van der Waals surface area contributed by atoms with Crippen molar-refractivity contribution in [1.29, 1.82) is 0 Å². The standard InChI is InChI=1S/C32H32ClN3O2/c33-27-16-6-5-15-26(27)32(37)34-21-9-1-2-20-31-35-28-17-7-8-18-29(28)36(31)22-11-23-38-30-19-10-13-24-12-3-4-14-25(24)30/h3-8,10,12-19H,1-2,9,11,20-23H2,(H,34,37). The number of fused-ring (bicyclic) bond motifs is 2. The number of aromatic nitrogens is 2. The number of para-hydroxylation sites is 2. The Morgan fingerprint density at radius 3 is 2.55 bits per heavy atom. The zero-order valence-electron chi connectivity index (χ0n) is 21.4. The van der Waals surface area contributed by atoms with Crippen LogP contribution in [0.15, 0.2) is 91.0 Å². The number of amides is 1. The highest BCUT2D eigenvalue weighted by Crippen LogP contribution is 2.25. The zero-order valence-corrected chi connectivity index (χ0v) is 22.2. The molecule has 6 heteroatoms. The second-order valence-electron chi connectivity index (χ2n) is 9.39. The van der Waals surface area contributed by atoms with Crippen LogP contribution in [-0.4, -0.2) is 28.6 Å². The number of nitrogens with one attached hydrogen (secondary N) is 1. The van der Waals surface area contributed by atoms with E-state index >= 15 is 0 Å². The molecule has 5 nitrogen and oxygen atoms in total. The molecule has 38 heavy (non-hydrogen) atoms. The molecular weight excluding hydrogens is 494 g/mol. The lowest BCUT2D eigenvalue weighted by Crippen LogP contribution is -2.24. The number of ether oxygens (including phenoxy) is 1. The number of rotatable bonds is 12. The van der Waals surface area contributed by atoms with Crippen molar-refractivity contribution < 1.29 is 9.53 Å². The number of carbonyl (C=O) groups excluding carboxylic acids is 1. The first-order chi connectivity index (χ1) is 18.7. The van der Waals surface area contributed by atoms with Gasteiger partial charge in [0.25, 0.3) is 5.91 Å². The third kappa shape index (κ3) is 6.17. The molecular formula is C32H32ClN3O2. The van der Waals surface area contributed by atoms with Gasteiger partial charge in [-0.2, -0.15) is 0 Å². The van der Waals surface area contributed by atoms with Gasteiger partial charge in [-0.1, -0.05) is 78.7 Å². The van der Waals surface area contributed by atoms with E-state index in [0.717, 1.165) is 61.1 Å². The van der Waals surface area contributed by atoms with E-state index in [1.807, 2.05) is 36.4 Å². The molecule has 5 aromatic rings. The second kappa shape index (κ2) is 12.6. The first kappa shape index (κ1) is 25.8. The molecule has 0 atom stereocenters. The van der Waals surface area contributed by atoms with Crippen LogP contribution in [0.3, 0.4) is 0 Å². The number of imidazole rings is 1. The van der Waals surface area contributed by atoms with Gasteiger partial charge in [-0.05, 0) is 55.0 Å². The van der Waals surface area contributed by atoms with Gasteiger partial charge in [-0.25, -0.2) is 4.98 Å². The van der Waals surface area contributed by atoms with Crippen LogP contribution in [0.25, 0.3) is 21.8 Å². The van der Waals surface area contributed by atoms with E-state index in [1.165, 1.54) is 10.9 Å². The second-order valence-corrected chi connectivity index (χ2v) is 9.80. The predicted molar refractivity (Wildman–Crippen MR) is 155 cm³/mol. The number of aryl methyl sites for hydroxylation is 2. The minimum absolute atomic E-state index is 0.122. The van der Waals surface area contributed by atoms with Gasteiger partial charge in [0.05, 0.1) is 28.2 Å².